The first-order valence-electron chi connectivity index (χ1n) is 10.9. The molecule has 6 nitrogen and oxygen atoms in total. The third-order valence-electron chi connectivity index (χ3n) is 6.35. The third-order valence-corrected chi connectivity index (χ3v) is 6.59. The van der Waals surface area contributed by atoms with E-state index < -0.39 is 0 Å². The number of likely N-dealkylation sites (tertiary alicyclic amines) is 1. The van der Waals surface area contributed by atoms with Crippen LogP contribution in [0, 0.1) is 5.82 Å². The van der Waals surface area contributed by atoms with E-state index >= 15 is 0 Å². The number of amides is 3. The zero-order chi connectivity index (χ0) is 22.2. The number of aromatic nitrogens is 1. The highest BCUT2D eigenvalue weighted by molar-refractivity contribution is 6.31. The number of nitrogens with zero attached hydrogens (tertiary/aromatic N) is 3. The normalized spacial score (nSPS) is 18.4. The first-order valence-corrected chi connectivity index (χ1v) is 11.3. The van der Waals surface area contributed by atoms with Gasteiger partial charge in [0.25, 0.3) is 0 Å². The first kappa shape index (κ1) is 21.0. The van der Waals surface area contributed by atoms with Crippen LogP contribution in [0.2, 0.25) is 5.02 Å². The van der Waals surface area contributed by atoms with E-state index in [1.54, 1.807) is 17.0 Å². The fourth-order valence-electron chi connectivity index (χ4n) is 4.79. The molecule has 2 aliphatic heterocycles. The van der Waals surface area contributed by atoms with Crippen LogP contribution in [-0.4, -0.2) is 52.5 Å². The topological polar surface area (TPSA) is 57.6 Å². The second-order valence-electron chi connectivity index (χ2n) is 8.44. The van der Waals surface area contributed by atoms with Gasteiger partial charge in [-0.1, -0.05) is 18.0 Å². The number of benzene rings is 2. The molecule has 0 bridgehead atoms. The number of halogens is 2. The van der Waals surface area contributed by atoms with Crippen molar-refractivity contribution in [2.24, 2.45) is 0 Å². The SMILES string of the molecule is O=C1CN(CC(c2cn(-c3ccc(F)cc3)c3ccc(Cl)cc23)N2CCCCC2)C(=O)N1. The van der Waals surface area contributed by atoms with E-state index in [1.807, 2.05) is 22.8 Å². The lowest BCUT2D eigenvalue weighted by Crippen LogP contribution is -2.41. The van der Waals surface area contributed by atoms with Crippen LogP contribution in [0.25, 0.3) is 16.6 Å². The Hall–Kier alpha value is -2.90. The van der Waals surface area contributed by atoms with Gasteiger partial charge in [0.2, 0.25) is 5.91 Å². The Labute approximate surface area is 190 Å². The molecule has 0 saturated carbocycles. The highest BCUT2D eigenvalue weighted by Gasteiger charge is 2.33. The number of nitrogens with one attached hydrogen (secondary N) is 1. The van der Waals surface area contributed by atoms with Gasteiger partial charge in [0.05, 0.1) is 11.6 Å². The maximum absolute atomic E-state index is 13.5. The van der Waals surface area contributed by atoms with Crippen molar-refractivity contribution in [3.8, 4) is 5.69 Å². The van der Waals surface area contributed by atoms with E-state index in [9.17, 15) is 14.0 Å². The summed E-state index contributed by atoms with van der Waals surface area (Å²) in [6.45, 7) is 2.34. The highest BCUT2D eigenvalue weighted by Crippen LogP contribution is 2.35. The predicted molar refractivity (Wildman–Crippen MR) is 122 cm³/mol. The smallest absolute Gasteiger partial charge is 0.316 e. The van der Waals surface area contributed by atoms with Crippen molar-refractivity contribution in [1.29, 1.82) is 0 Å². The molecule has 3 aromatic rings. The van der Waals surface area contributed by atoms with Gasteiger partial charge in [0.15, 0.2) is 0 Å². The molecule has 2 aromatic carbocycles. The Balaban J connectivity index is 1.62. The Bertz CT molecular complexity index is 1170. The summed E-state index contributed by atoms with van der Waals surface area (Å²) in [7, 11) is 0. The highest BCUT2D eigenvalue weighted by atomic mass is 35.5. The van der Waals surface area contributed by atoms with Crippen LogP contribution in [0.1, 0.15) is 30.9 Å². The summed E-state index contributed by atoms with van der Waals surface area (Å²) in [5.74, 6) is -0.562. The zero-order valence-electron chi connectivity index (χ0n) is 17.6. The summed E-state index contributed by atoms with van der Waals surface area (Å²) in [6.07, 6.45) is 5.44. The molecule has 2 saturated heterocycles. The van der Waals surface area contributed by atoms with Crippen LogP contribution >= 0.6 is 11.6 Å². The zero-order valence-corrected chi connectivity index (χ0v) is 18.3. The number of piperidine rings is 1. The minimum absolute atomic E-state index is 0.0700. The van der Waals surface area contributed by atoms with E-state index in [0.29, 0.717) is 11.6 Å². The van der Waals surface area contributed by atoms with Gasteiger partial charge in [-0.05, 0) is 74.0 Å². The number of carbonyl (C=O) groups is 2. The molecule has 5 rings (SSSR count). The summed E-state index contributed by atoms with van der Waals surface area (Å²) in [4.78, 5) is 28.1. The first-order chi connectivity index (χ1) is 15.5. The second-order valence-corrected chi connectivity index (χ2v) is 8.88. The van der Waals surface area contributed by atoms with E-state index in [0.717, 1.165) is 48.1 Å². The van der Waals surface area contributed by atoms with Crippen molar-refractivity contribution in [2.45, 2.75) is 25.3 Å². The summed E-state index contributed by atoms with van der Waals surface area (Å²) in [5, 5.41) is 3.99. The van der Waals surface area contributed by atoms with Crippen molar-refractivity contribution in [1.82, 2.24) is 19.7 Å². The number of carbonyl (C=O) groups excluding carboxylic acids is 2. The van der Waals surface area contributed by atoms with Gasteiger partial charge in [-0.25, -0.2) is 9.18 Å². The molecule has 1 aromatic heterocycles. The average Bonchev–Trinajstić information content (AvgIpc) is 3.31. The minimum Gasteiger partial charge on any atom is -0.316 e. The average molecular weight is 455 g/mol. The van der Waals surface area contributed by atoms with Crippen LogP contribution in [0.5, 0.6) is 0 Å². The number of hydrogen-bond acceptors (Lipinski definition) is 3. The number of fused-ring (bicyclic) bond motifs is 1. The van der Waals surface area contributed by atoms with Gasteiger partial charge in [-0.15, -0.1) is 0 Å². The molecule has 0 spiro atoms. The van der Waals surface area contributed by atoms with Gasteiger partial charge in [0, 0.05) is 28.8 Å². The van der Waals surface area contributed by atoms with Crippen LogP contribution in [0.4, 0.5) is 9.18 Å². The van der Waals surface area contributed by atoms with Crippen molar-refractivity contribution in [3.63, 3.8) is 0 Å². The lowest BCUT2D eigenvalue weighted by Gasteiger charge is -2.36. The Morgan fingerprint density at radius 3 is 2.47 bits per heavy atom. The summed E-state index contributed by atoms with van der Waals surface area (Å²) >= 11 is 6.38. The molecular weight excluding hydrogens is 431 g/mol. The van der Waals surface area contributed by atoms with Crippen molar-refractivity contribution in [2.75, 3.05) is 26.2 Å². The molecule has 1 unspecified atom stereocenters. The standard InChI is InChI=1S/C24H24ClFN4O2/c25-16-4-9-21-19(12-16)20(13-30(21)18-7-5-17(26)6-8-18)22(28-10-2-1-3-11-28)14-29-15-23(31)27-24(29)32/h4-9,12-13,22H,1-3,10-11,14-15H2,(H,27,31,32). The van der Waals surface area contributed by atoms with Crippen LogP contribution in [0.15, 0.2) is 48.7 Å². The Kier molecular flexibility index (Phi) is 5.61. The van der Waals surface area contributed by atoms with Crippen molar-refractivity contribution in [3.05, 3.63) is 65.1 Å². The molecule has 32 heavy (non-hydrogen) atoms. The van der Waals surface area contributed by atoms with Gasteiger partial charge in [-0.2, -0.15) is 0 Å². The molecule has 2 aliphatic rings. The maximum atomic E-state index is 13.5. The van der Waals surface area contributed by atoms with Gasteiger partial charge in [0.1, 0.15) is 12.4 Å². The fourth-order valence-corrected chi connectivity index (χ4v) is 4.96. The van der Waals surface area contributed by atoms with Crippen LogP contribution in [0.3, 0.4) is 0 Å². The van der Waals surface area contributed by atoms with Crippen LogP contribution < -0.4 is 5.32 Å². The monoisotopic (exact) mass is 454 g/mol. The predicted octanol–water partition coefficient (Wildman–Crippen LogP) is 4.50. The number of rotatable bonds is 5. The number of hydrogen-bond donors (Lipinski definition) is 1. The Morgan fingerprint density at radius 1 is 1.03 bits per heavy atom. The lowest BCUT2D eigenvalue weighted by atomic mass is 10.0. The summed E-state index contributed by atoms with van der Waals surface area (Å²) in [5.41, 5.74) is 2.84. The van der Waals surface area contributed by atoms with Gasteiger partial charge >= 0.3 is 6.03 Å². The minimum atomic E-state index is -0.350. The van der Waals surface area contributed by atoms with Crippen molar-refractivity contribution >= 4 is 34.4 Å². The lowest BCUT2D eigenvalue weighted by molar-refractivity contribution is -0.118. The van der Waals surface area contributed by atoms with E-state index in [-0.39, 0.29) is 30.3 Å². The molecule has 0 aliphatic carbocycles. The fraction of sp³-hybridized carbons (Fsp3) is 0.333. The van der Waals surface area contributed by atoms with E-state index in [2.05, 4.69) is 16.4 Å². The molecule has 166 valence electrons. The van der Waals surface area contributed by atoms with E-state index in [4.69, 9.17) is 11.6 Å². The molecule has 3 amide bonds. The van der Waals surface area contributed by atoms with Crippen LogP contribution in [-0.2, 0) is 4.79 Å². The van der Waals surface area contributed by atoms with Crippen molar-refractivity contribution < 1.29 is 14.0 Å². The summed E-state index contributed by atoms with van der Waals surface area (Å²) < 4.78 is 15.6. The molecule has 8 heteroatoms. The number of urea groups is 1. The maximum Gasteiger partial charge on any atom is 0.324 e. The largest absolute Gasteiger partial charge is 0.324 e. The molecule has 1 N–H and O–H groups in total. The van der Waals surface area contributed by atoms with E-state index in [1.165, 1.54) is 18.6 Å². The molecule has 0 radical (unpaired) electrons. The third kappa shape index (κ3) is 3.98. The molecular formula is C24H24ClFN4O2. The molecule has 3 heterocycles. The Morgan fingerprint density at radius 2 is 1.78 bits per heavy atom. The quantitative estimate of drug-likeness (QED) is 0.577. The molecule has 1 atom stereocenters. The van der Waals surface area contributed by atoms with Gasteiger partial charge in [-0.3, -0.25) is 15.0 Å². The summed E-state index contributed by atoms with van der Waals surface area (Å²) in [6, 6.07) is 11.7. The van der Waals surface area contributed by atoms with Gasteiger partial charge < -0.3 is 9.47 Å². The second kappa shape index (κ2) is 8.56. The molecule has 2 fully saturated rings. The number of imide groups is 1.